The summed E-state index contributed by atoms with van der Waals surface area (Å²) in [5, 5.41) is 28.0. The highest BCUT2D eigenvalue weighted by molar-refractivity contribution is 5.62. The lowest BCUT2D eigenvalue weighted by Gasteiger charge is -2.11. The van der Waals surface area contributed by atoms with Crippen LogP contribution in [0.1, 0.15) is 17.4 Å². The Morgan fingerprint density at radius 2 is 1.65 bits per heavy atom. The third-order valence-corrected chi connectivity index (χ3v) is 3.72. The van der Waals surface area contributed by atoms with Crippen molar-refractivity contribution < 1.29 is 19.3 Å². The summed E-state index contributed by atoms with van der Waals surface area (Å²) in [7, 11) is 0. The second-order valence-corrected chi connectivity index (χ2v) is 5.56. The topological polar surface area (TPSA) is 86.4 Å². The van der Waals surface area contributed by atoms with E-state index in [2.05, 4.69) is 4.98 Å². The van der Waals surface area contributed by atoms with Crippen molar-refractivity contribution in [3.63, 3.8) is 0 Å². The molecule has 2 aromatic carbocycles. The number of aliphatic hydroxyl groups is 2. The first-order chi connectivity index (χ1) is 12.6. The lowest BCUT2D eigenvalue weighted by atomic mass is 10.0. The Labute approximate surface area is 149 Å². The number of hydrogen-bond acceptors (Lipinski definition) is 5. The zero-order chi connectivity index (χ0) is 18.5. The van der Waals surface area contributed by atoms with Gasteiger partial charge in [-0.3, -0.25) is 0 Å². The van der Waals surface area contributed by atoms with Crippen molar-refractivity contribution in [3.8, 4) is 28.8 Å². The van der Waals surface area contributed by atoms with Gasteiger partial charge in [0.1, 0.15) is 35.2 Å². The predicted octanol–water partition coefficient (Wildman–Crippen LogP) is 3.58. The summed E-state index contributed by atoms with van der Waals surface area (Å²) in [6.07, 6.45) is -1.08. The molecule has 2 N–H and O–H groups in total. The maximum absolute atomic E-state index is 12.9. The van der Waals surface area contributed by atoms with Crippen LogP contribution >= 0.6 is 0 Å². The normalized spacial score (nSPS) is 11.6. The van der Waals surface area contributed by atoms with Gasteiger partial charge >= 0.3 is 0 Å². The summed E-state index contributed by atoms with van der Waals surface area (Å²) in [5.41, 5.74) is 1.79. The van der Waals surface area contributed by atoms with Crippen LogP contribution in [0.3, 0.4) is 0 Å². The minimum atomic E-state index is -1.08. The van der Waals surface area contributed by atoms with Gasteiger partial charge in [0.05, 0.1) is 12.3 Å². The number of pyridine rings is 1. The SMILES string of the molecule is N#Cc1cc([C@@H](O)CO)cc(-c2ccc(Oc3ccc(F)cc3)cc2)n1. The quantitative estimate of drug-likeness (QED) is 0.734. The van der Waals surface area contributed by atoms with Gasteiger partial charge in [0.2, 0.25) is 0 Å². The number of rotatable bonds is 5. The molecule has 0 saturated heterocycles. The Morgan fingerprint density at radius 1 is 1.04 bits per heavy atom. The first kappa shape index (κ1) is 17.5. The van der Waals surface area contributed by atoms with Crippen LogP contribution in [0.15, 0.2) is 60.7 Å². The minimum Gasteiger partial charge on any atom is -0.457 e. The fraction of sp³-hybridized carbons (Fsp3) is 0.100. The van der Waals surface area contributed by atoms with Crippen molar-refractivity contribution >= 4 is 0 Å². The van der Waals surface area contributed by atoms with Crippen LogP contribution in [0.4, 0.5) is 4.39 Å². The molecule has 0 bridgehead atoms. The molecule has 3 aromatic rings. The van der Waals surface area contributed by atoms with Gasteiger partial charge in [0.25, 0.3) is 0 Å². The van der Waals surface area contributed by atoms with E-state index < -0.39 is 12.7 Å². The van der Waals surface area contributed by atoms with E-state index in [0.29, 0.717) is 22.8 Å². The maximum atomic E-state index is 12.9. The molecule has 0 radical (unpaired) electrons. The van der Waals surface area contributed by atoms with Gasteiger partial charge < -0.3 is 14.9 Å². The summed E-state index contributed by atoms with van der Waals surface area (Å²) in [4.78, 5) is 4.23. The lowest BCUT2D eigenvalue weighted by molar-refractivity contribution is 0.0956. The number of aromatic nitrogens is 1. The van der Waals surface area contributed by atoms with Crippen molar-refractivity contribution in [1.29, 1.82) is 5.26 Å². The fourth-order valence-electron chi connectivity index (χ4n) is 2.39. The van der Waals surface area contributed by atoms with Crippen molar-refractivity contribution in [2.75, 3.05) is 6.61 Å². The van der Waals surface area contributed by atoms with Gasteiger partial charge in [0.15, 0.2) is 0 Å². The number of nitrogens with zero attached hydrogens (tertiary/aromatic N) is 2. The average molecular weight is 350 g/mol. The van der Waals surface area contributed by atoms with E-state index >= 15 is 0 Å². The van der Waals surface area contributed by atoms with Crippen molar-refractivity contribution in [1.82, 2.24) is 4.98 Å². The Morgan fingerprint density at radius 3 is 2.23 bits per heavy atom. The van der Waals surface area contributed by atoms with Crippen LogP contribution in [0.5, 0.6) is 11.5 Å². The van der Waals surface area contributed by atoms with Crippen LogP contribution in [-0.4, -0.2) is 21.8 Å². The largest absolute Gasteiger partial charge is 0.457 e. The van der Waals surface area contributed by atoms with E-state index in [9.17, 15) is 9.50 Å². The van der Waals surface area contributed by atoms with Crippen LogP contribution in [0, 0.1) is 17.1 Å². The molecular weight excluding hydrogens is 335 g/mol. The molecule has 5 nitrogen and oxygen atoms in total. The van der Waals surface area contributed by atoms with E-state index in [1.165, 1.54) is 30.3 Å². The highest BCUT2D eigenvalue weighted by Crippen LogP contribution is 2.27. The zero-order valence-corrected chi connectivity index (χ0v) is 13.6. The van der Waals surface area contributed by atoms with E-state index in [-0.39, 0.29) is 11.5 Å². The highest BCUT2D eigenvalue weighted by atomic mass is 19.1. The smallest absolute Gasteiger partial charge is 0.141 e. The third-order valence-electron chi connectivity index (χ3n) is 3.72. The van der Waals surface area contributed by atoms with Crippen LogP contribution in [0.25, 0.3) is 11.3 Å². The lowest BCUT2D eigenvalue weighted by Crippen LogP contribution is -2.04. The maximum Gasteiger partial charge on any atom is 0.141 e. The predicted molar refractivity (Wildman–Crippen MR) is 92.9 cm³/mol. The summed E-state index contributed by atoms with van der Waals surface area (Å²) >= 11 is 0. The summed E-state index contributed by atoms with van der Waals surface area (Å²) in [5.74, 6) is 0.738. The Balaban J connectivity index is 1.86. The standard InChI is InChI=1S/C20H15FN2O3/c21-15-3-7-18(8-4-15)26-17-5-1-13(2-6-17)19-10-14(20(25)12-24)9-16(11-22)23-19/h1-10,20,24-25H,12H2/t20-/m0/s1. The summed E-state index contributed by atoms with van der Waals surface area (Å²) in [6, 6.07) is 17.7. The molecule has 0 saturated carbocycles. The van der Waals surface area contributed by atoms with E-state index in [4.69, 9.17) is 15.1 Å². The van der Waals surface area contributed by atoms with Crippen molar-refractivity contribution in [2.45, 2.75) is 6.10 Å². The van der Waals surface area contributed by atoms with Crippen LogP contribution < -0.4 is 4.74 Å². The molecule has 1 atom stereocenters. The van der Waals surface area contributed by atoms with Gasteiger partial charge in [-0.05, 0) is 66.2 Å². The van der Waals surface area contributed by atoms with E-state index in [0.717, 1.165) is 5.56 Å². The van der Waals surface area contributed by atoms with Crippen molar-refractivity contribution in [2.24, 2.45) is 0 Å². The monoisotopic (exact) mass is 350 g/mol. The summed E-state index contributed by atoms with van der Waals surface area (Å²) in [6.45, 7) is -0.446. The molecular formula is C20H15FN2O3. The van der Waals surface area contributed by atoms with Crippen LogP contribution in [0.2, 0.25) is 0 Å². The summed E-state index contributed by atoms with van der Waals surface area (Å²) < 4.78 is 18.6. The van der Waals surface area contributed by atoms with E-state index in [1.807, 2.05) is 6.07 Å². The Kier molecular flexibility index (Phi) is 5.23. The Bertz CT molecular complexity index is 935. The minimum absolute atomic E-state index is 0.150. The number of nitriles is 1. The molecule has 130 valence electrons. The number of hydrogen-bond donors (Lipinski definition) is 2. The highest BCUT2D eigenvalue weighted by Gasteiger charge is 2.11. The molecule has 1 aromatic heterocycles. The van der Waals surface area contributed by atoms with Crippen LogP contribution in [-0.2, 0) is 0 Å². The molecule has 0 aliphatic carbocycles. The number of benzene rings is 2. The molecule has 0 aliphatic rings. The van der Waals surface area contributed by atoms with Gasteiger partial charge in [-0.1, -0.05) is 0 Å². The first-order valence-electron chi connectivity index (χ1n) is 7.84. The van der Waals surface area contributed by atoms with Gasteiger partial charge in [0, 0.05) is 5.56 Å². The molecule has 0 aliphatic heterocycles. The molecule has 1 heterocycles. The molecule has 26 heavy (non-hydrogen) atoms. The fourth-order valence-corrected chi connectivity index (χ4v) is 2.39. The van der Waals surface area contributed by atoms with Crippen molar-refractivity contribution in [3.05, 3.63) is 77.7 Å². The number of halogens is 1. The first-order valence-corrected chi connectivity index (χ1v) is 7.84. The molecule has 0 unspecified atom stereocenters. The second kappa shape index (κ2) is 7.74. The Hall–Kier alpha value is -3.27. The molecule has 6 heteroatoms. The van der Waals surface area contributed by atoms with Gasteiger partial charge in [-0.15, -0.1) is 0 Å². The van der Waals surface area contributed by atoms with Gasteiger partial charge in [-0.25, -0.2) is 9.37 Å². The second-order valence-electron chi connectivity index (χ2n) is 5.56. The average Bonchev–Trinajstić information content (AvgIpc) is 2.69. The molecule has 0 spiro atoms. The molecule has 0 amide bonds. The third kappa shape index (κ3) is 4.03. The number of ether oxygens (including phenoxy) is 1. The van der Waals surface area contributed by atoms with Gasteiger partial charge in [-0.2, -0.15) is 5.26 Å². The molecule has 0 fully saturated rings. The molecule has 3 rings (SSSR count). The number of aliphatic hydroxyl groups excluding tert-OH is 2. The van der Waals surface area contributed by atoms with E-state index in [1.54, 1.807) is 30.3 Å². The zero-order valence-electron chi connectivity index (χ0n) is 13.6.